The molecule has 0 aliphatic heterocycles. The Hall–Kier alpha value is -7.62. The molecule has 2 heterocycles. The number of hydrogen-bond donors (Lipinski definition) is 0. The molecule has 57 heavy (non-hydrogen) atoms. The van der Waals surface area contributed by atoms with Gasteiger partial charge in [-0.25, -0.2) is 9.67 Å². The summed E-state index contributed by atoms with van der Waals surface area (Å²) in [7, 11) is 0. The number of pyridine rings is 1. The number of rotatable bonds is 6. The third kappa shape index (κ3) is 5.76. The number of fused-ring (bicyclic) bond motifs is 6. The van der Waals surface area contributed by atoms with Crippen LogP contribution >= 0.6 is 0 Å². The van der Waals surface area contributed by atoms with Crippen LogP contribution < -0.4 is 0 Å². The first kappa shape index (κ1) is 32.8. The maximum absolute atomic E-state index is 5.38. The molecule has 0 saturated carbocycles. The van der Waals surface area contributed by atoms with E-state index in [0.717, 1.165) is 66.5 Å². The van der Waals surface area contributed by atoms with Crippen molar-refractivity contribution in [1.29, 1.82) is 0 Å². The highest BCUT2D eigenvalue weighted by atomic mass is 15.3. The lowest BCUT2D eigenvalue weighted by Gasteiger charge is -2.11. The van der Waals surface area contributed by atoms with E-state index >= 15 is 0 Å². The Morgan fingerprint density at radius 1 is 0.351 bits per heavy atom. The maximum atomic E-state index is 5.38. The van der Waals surface area contributed by atoms with Crippen LogP contribution in [0.3, 0.4) is 0 Å². The van der Waals surface area contributed by atoms with Gasteiger partial charge in [-0.3, -0.25) is 0 Å². The Labute approximate surface area is 330 Å². The first-order valence-corrected chi connectivity index (χ1v) is 19.4. The van der Waals surface area contributed by atoms with Crippen molar-refractivity contribution in [2.45, 2.75) is 0 Å². The summed E-state index contributed by atoms with van der Waals surface area (Å²) in [6, 6.07) is 75.6. The van der Waals surface area contributed by atoms with E-state index in [0.29, 0.717) is 0 Å². The third-order valence-electron chi connectivity index (χ3n) is 11.2. The minimum atomic E-state index is 0.963. The van der Waals surface area contributed by atoms with Gasteiger partial charge in [-0.1, -0.05) is 182 Å². The Morgan fingerprint density at radius 3 is 1.63 bits per heavy atom. The summed E-state index contributed by atoms with van der Waals surface area (Å²) in [6.45, 7) is 0. The molecule has 0 aliphatic carbocycles. The second-order valence-electron chi connectivity index (χ2n) is 14.6. The summed E-state index contributed by atoms with van der Waals surface area (Å²) in [5, 5.41) is 12.4. The van der Waals surface area contributed by atoms with Crippen LogP contribution in [0, 0.1) is 0 Å². The highest BCUT2D eigenvalue weighted by Crippen LogP contribution is 2.42. The van der Waals surface area contributed by atoms with Crippen LogP contribution in [0.4, 0.5) is 0 Å². The van der Waals surface area contributed by atoms with Gasteiger partial charge in [-0.2, -0.15) is 5.10 Å². The summed E-state index contributed by atoms with van der Waals surface area (Å²) in [4.78, 5) is 5.24. The van der Waals surface area contributed by atoms with Crippen molar-refractivity contribution in [2.75, 3.05) is 0 Å². The minimum absolute atomic E-state index is 0.963. The van der Waals surface area contributed by atoms with Crippen LogP contribution in [-0.2, 0) is 0 Å². The van der Waals surface area contributed by atoms with Crippen LogP contribution in [0.15, 0.2) is 212 Å². The molecule has 0 N–H and O–H groups in total. The van der Waals surface area contributed by atoms with Crippen molar-refractivity contribution in [1.82, 2.24) is 14.8 Å². The molecule has 11 rings (SSSR count). The SMILES string of the molecule is c1ccc(-c2ccc3ccc4ccc(-c5ccc(-c6ccc(-c7nn(-c8ccccc8)c8c7c(-c7ccccc7)cc7ccccc78)cc6)cc5)nc4c3c2)cc1. The molecule has 0 fully saturated rings. The van der Waals surface area contributed by atoms with Gasteiger partial charge in [0.2, 0.25) is 0 Å². The lowest BCUT2D eigenvalue weighted by atomic mass is 9.93. The van der Waals surface area contributed by atoms with Gasteiger partial charge >= 0.3 is 0 Å². The number of benzene rings is 9. The Bertz CT molecular complexity index is 3240. The van der Waals surface area contributed by atoms with Crippen LogP contribution in [0.2, 0.25) is 0 Å². The van der Waals surface area contributed by atoms with E-state index in [4.69, 9.17) is 10.1 Å². The highest BCUT2D eigenvalue weighted by Gasteiger charge is 2.21. The topological polar surface area (TPSA) is 30.7 Å². The van der Waals surface area contributed by atoms with Crippen molar-refractivity contribution < 1.29 is 0 Å². The van der Waals surface area contributed by atoms with Crippen molar-refractivity contribution in [2.24, 2.45) is 0 Å². The lowest BCUT2D eigenvalue weighted by Crippen LogP contribution is -1.96. The largest absolute Gasteiger partial charge is 0.247 e. The molecule has 266 valence electrons. The molecule has 0 spiro atoms. The minimum Gasteiger partial charge on any atom is -0.247 e. The van der Waals surface area contributed by atoms with E-state index in [9.17, 15) is 0 Å². The first-order chi connectivity index (χ1) is 28.2. The van der Waals surface area contributed by atoms with Gasteiger partial charge in [0.1, 0.15) is 5.69 Å². The maximum Gasteiger partial charge on any atom is 0.101 e. The second kappa shape index (κ2) is 13.6. The van der Waals surface area contributed by atoms with E-state index in [1.54, 1.807) is 0 Å². The van der Waals surface area contributed by atoms with E-state index in [1.165, 1.54) is 38.4 Å². The average Bonchev–Trinajstić information content (AvgIpc) is 3.70. The fourth-order valence-electron chi connectivity index (χ4n) is 8.32. The number of nitrogens with zero attached hydrogens (tertiary/aromatic N) is 3. The molecule has 3 nitrogen and oxygen atoms in total. The van der Waals surface area contributed by atoms with Crippen LogP contribution in [0.1, 0.15) is 0 Å². The zero-order valence-electron chi connectivity index (χ0n) is 31.0. The zero-order chi connectivity index (χ0) is 37.7. The fraction of sp³-hybridized carbons (Fsp3) is 0. The molecule has 0 aliphatic rings. The summed E-state index contributed by atoms with van der Waals surface area (Å²) < 4.78 is 2.12. The standard InChI is InChI=1S/C54H35N3/c1-4-12-36(13-5-1)44-31-25-40-24-30-42-32-33-50(55-52(42)49(40)34-44)41-26-20-37(21-27-41)38-22-28-43(29-23-38)53-51-48(39-14-6-2-7-15-39)35-45-16-10-11-19-47(45)54(51)57(56-53)46-17-8-3-9-18-46/h1-35H. The van der Waals surface area contributed by atoms with Crippen LogP contribution in [-0.4, -0.2) is 14.8 Å². The molecular weight excluding hydrogens is 691 g/mol. The van der Waals surface area contributed by atoms with E-state index in [2.05, 4.69) is 217 Å². The molecule has 0 radical (unpaired) electrons. The van der Waals surface area contributed by atoms with Crippen LogP contribution in [0.5, 0.6) is 0 Å². The zero-order valence-corrected chi connectivity index (χ0v) is 31.0. The molecule has 11 aromatic rings. The molecule has 0 atom stereocenters. The summed E-state index contributed by atoms with van der Waals surface area (Å²) in [6.07, 6.45) is 0. The molecule has 0 saturated heterocycles. The molecule has 0 unspecified atom stereocenters. The lowest BCUT2D eigenvalue weighted by molar-refractivity contribution is 0.918. The predicted octanol–water partition coefficient (Wildman–Crippen LogP) is 14.2. The van der Waals surface area contributed by atoms with Gasteiger partial charge in [0.15, 0.2) is 0 Å². The third-order valence-corrected chi connectivity index (χ3v) is 11.2. The molecule has 9 aromatic carbocycles. The van der Waals surface area contributed by atoms with Gasteiger partial charge in [0.25, 0.3) is 0 Å². The Morgan fingerprint density at radius 2 is 0.895 bits per heavy atom. The van der Waals surface area contributed by atoms with Gasteiger partial charge in [0.05, 0.1) is 22.4 Å². The Kier molecular flexibility index (Phi) is 7.82. The number of hydrogen-bond acceptors (Lipinski definition) is 2. The van der Waals surface area contributed by atoms with Gasteiger partial charge < -0.3 is 0 Å². The molecular formula is C54H35N3. The number of para-hydroxylation sites is 1. The van der Waals surface area contributed by atoms with Crippen LogP contribution in [0.25, 0.3) is 105 Å². The predicted molar refractivity (Wildman–Crippen MR) is 239 cm³/mol. The normalized spacial score (nSPS) is 11.5. The summed E-state index contributed by atoms with van der Waals surface area (Å²) in [5.74, 6) is 0. The van der Waals surface area contributed by atoms with Gasteiger partial charge in [-0.15, -0.1) is 0 Å². The Balaban J connectivity index is 0.975. The monoisotopic (exact) mass is 725 g/mol. The number of aromatic nitrogens is 3. The first-order valence-electron chi connectivity index (χ1n) is 19.4. The van der Waals surface area contributed by atoms with Crippen molar-refractivity contribution in [3.63, 3.8) is 0 Å². The van der Waals surface area contributed by atoms with Gasteiger partial charge in [0, 0.05) is 32.7 Å². The van der Waals surface area contributed by atoms with E-state index < -0.39 is 0 Å². The average molecular weight is 726 g/mol. The summed E-state index contributed by atoms with van der Waals surface area (Å²) in [5.41, 5.74) is 14.3. The highest BCUT2D eigenvalue weighted by molar-refractivity contribution is 6.17. The summed E-state index contributed by atoms with van der Waals surface area (Å²) >= 11 is 0. The van der Waals surface area contributed by atoms with Crippen molar-refractivity contribution in [3.05, 3.63) is 212 Å². The smallest absolute Gasteiger partial charge is 0.101 e. The van der Waals surface area contributed by atoms with Crippen molar-refractivity contribution in [3.8, 4) is 61.6 Å². The molecule has 3 heteroatoms. The second-order valence-corrected chi connectivity index (χ2v) is 14.6. The van der Waals surface area contributed by atoms with Crippen molar-refractivity contribution >= 4 is 43.4 Å². The van der Waals surface area contributed by atoms with E-state index in [-0.39, 0.29) is 0 Å². The van der Waals surface area contributed by atoms with E-state index in [1.807, 2.05) is 0 Å². The fourth-order valence-corrected chi connectivity index (χ4v) is 8.32. The molecule has 0 amide bonds. The molecule has 2 aromatic heterocycles. The van der Waals surface area contributed by atoms with Gasteiger partial charge in [-0.05, 0) is 74.5 Å². The quantitative estimate of drug-likeness (QED) is 0.160. The molecule has 0 bridgehead atoms.